The average molecular weight is 116 g/mol. The molecule has 0 saturated heterocycles. The van der Waals surface area contributed by atoms with E-state index in [-0.39, 0.29) is 6.67 Å². The van der Waals surface area contributed by atoms with Crippen LogP contribution in [0.3, 0.4) is 0 Å². The number of allylic oxidation sites excluding steroid dienone is 2. The minimum atomic E-state index is -0.292. The van der Waals surface area contributed by atoms with Crippen molar-refractivity contribution in [2.45, 2.75) is 27.2 Å². The van der Waals surface area contributed by atoms with Crippen molar-refractivity contribution in [1.29, 1.82) is 0 Å². The highest BCUT2D eigenvalue weighted by atomic mass is 19.1. The zero-order valence-electron chi connectivity index (χ0n) is 5.79. The lowest BCUT2D eigenvalue weighted by Gasteiger charge is -1.97. The molecule has 0 atom stereocenters. The standard InChI is InChI=1S/C7H13F/c1-4-6(2)7(3)5-8/h4-5H2,1-3H3/b7-6-. The summed E-state index contributed by atoms with van der Waals surface area (Å²) in [4.78, 5) is 0. The molecule has 0 aromatic heterocycles. The van der Waals surface area contributed by atoms with Crippen molar-refractivity contribution < 1.29 is 4.39 Å². The minimum absolute atomic E-state index is 0.292. The number of rotatable bonds is 2. The lowest BCUT2D eigenvalue weighted by molar-refractivity contribution is 0.539. The van der Waals surface area contributed by atoms with Crippen LogP contribution in [-0.2, 0) is 0 Å². The zero-order valence-corrected chi connectivity index (χ0v) is 5.79. The Labute approximate surface area is 50.4 Å². The Hall–Kier alpha value is -0.330. The van der Waals surface area contributed by atoms with Gasteiger partial charge in [0.25, 0.3) is 0 Å². The molecule has 0 fully saturated rings. The zero-order chi connectivity index (χ0) is 6.57. The van der Waals surface area contributed by atoms with Crippen LogP contribution in [0.25, 0.3) is 0 Å². The molecule has 8 heavy (non-hydrogen) atoms. The molecule has 0 aliphatic heterocycles. The molecule has 0 spiro atoms. The van der Waals surface area contributed by atoms with Gasteiger partial charge in [-0.2, -0.15) is 0 Å². The van der Waals surface area contributed by atoms with Crippen LogP contribution in [0, 0.1) is 0 Å². The van der Waals surface area contributed by atoms with Gasteiger partial charge in [0.05, 0.1) is 0 Å². The molecule has 48 valence electrons. The van der Waals surface area contributed by atoms with E-state index in [9.17, 15) is 4.39 Å². The molecule has 0 aromatic rings. The smallest absolute Gasteiger partial charge is 0.110 e. The molecule has 0 aliphatic rings. The van der Waals surface area contributed by atoms with Crippen LogP contribution in [0.2, 0.25) is 0 Å². The average Bonchev–Trinajstić information content (AvgIpc) is 1.84. The maximum absolute atomic E-state index is 11.8. The second kappa shape index (κ2) is 3.65. The molecule has 0 nitrogen and oxygen atoms in total. The summed E-state index contributed by atoms with van der Waals surface area (Å²) in [5.41, 5.74) is 2.06. The van der Waals surface area contributed by atoms with Crippen LogP contribution in [0.1, 0.15) is 27.2 Å². The van der Waals surface area contributed by atoms with Gasteiger partial charge in [0.1, 0.15) is 6.67 Å². The van der Waals surface area contributed by atoms with Gasteiger partial charge in [-0.15, -0.1) is 0 Å². The highest BCUT2D eigenvalue weighted by Gasteiger charge is 1.90. The Balaban J connectivity index is 3.83. The first-order chi connectivity index (χ1) is 3.72. The number of hydrogen-bond acceptors (Lipinski definition) is 0. The summed E-state index contributed by atoms with van der Waals surface area (Å²) in [5, 5.41) is 0. The van der Waals surface area contributed by atoms with Gasteiger partial charge < -0.3 is 0 Å². The molecule has 0 N–H and O–H groups in total. The van der Waals surface area contributed by atoms with E-state index in [0.29, 0.717) is 0 Å². The molecule has 0 aromatic carbocycles. The van der Waals surface area contributed by atoms with Crippen LogP contribution in [0.15, 0.2) is 11.1 Å². The quantitative estimate of drug-likeness (QED) is 0.486. The van der Waals surface area contributed by atoms with Gasteiger partial charge in [0.2, 0.25) is 0 Å². The summed E-state index contributed by atoms with van der Waals surface area (Å²) in [6.07, 6.45) is 0.968. The Morgan fingerprint density at radius 2 is 1.75 bits per heavy atom. The molecule has 0 saturated carbocycles. The van der Waals surface area contributed by atoms with Crippen molar-refractivity contribution in [3.05, 3.63) is 11.1 Å². The van der Waals surface area contributed by atoms with Gasteiger partial charge in [0, 0.05) is 0 Å². The van der Waals surface area contributed by atoms with Crippen LogP contribution >= 0.6 is 0 Å². The van der Waals surface area contributed by atoms with E-state index >= 15 is 0 Å². The van der Waals surface area contributed by atoms with E-state index < -0.39 is 0 Å². The van der Waals surface area contributed by atoms with Crippen molar-refractivity contribution in [3.8, 4) is 0 Å². The van der Waals surface area contributed by atoms with E-state index in [4.69, 9.17) is 0 Å². The van der Waals surface area contributed by atoms with Crippen molar-refractivity contribution in [1.82, 2.24) is 0 Å². The Morgan fingerprint density at radius 3 is 1.88 bits per heavy atom. The molecule has 0 bridgehead atoms. The molecule has 0 amide bonds. The fourth-order valence-electron chi connectivity index (χ4n) is 0.416. The van der Waals surface area contributed by atoms with Crippen molar-refractivity contribution in [3.63, 3.8) is 0 Å². The van der Waals surface area contributed by atoms with Crippen LogP contribution in [0.5, 0.6) is 0 Å². The molecular formula is C7H13F. The van der Waals surface area contributed by atoms with Gasteiger partial charge >= 0.3 is 0 Å². The largest absolute Gasteiger partial charge is 0.246 e. The monoisotopic (exact) mass is 116 g/mol. The summed E-state index contributed by atoms with van der Waals surface area (Å²) in [6, 6.07) is 0. The SMILES string of the molecule is CC/C(C)=C(/C)CF. The topological polar surface area (TPSA) is 0 Å². The number of hydrogen-bond donors (Lipinski definition) is 0. The van der Waals surface area contributed by atoms with E-state index in [1.165, 1.54) is 5.57 Å². The first-order valence-electron chi connectivity index (χ1n) is 2.93. The second-order valence-corrected chi connectivity index (χ2v) is 2.05. The summed E-state index contributed by atoms with van der Waals surface area (Å²) in [7, 11) is 0. The maximum atomic E-state index is 11.8. The Kier molecular flexibility index (Phi) is 3.49. The molecule has 0 unspecified atom stereocenters. The van der Waals surface area contributed by atoms with E-state index in [2.05, 4.69) is 0 Å². The maximum Gasteiger partial charge on any atom is 0.110 e. The van der Waals surface area contributed by atoms with Crippen LogP contribution in [0.4, 0.5) is 4.39 Å². The normalized spacial score (nSPS) is 13.5. The molecular weight excluding hydrogens is 103 g/mol. The first-order valence-corrected chi connectivity index (χ1v) is 2.93. The summed E-state index contributed by atoms with van der Waals surface area (Å²) in [5.74, 6) is 0. The minimum Gasteiger partial charge on any atom is -0.246 e. The van der Waals surface area contributed by atoms with Crippen molar-refractivity contribution >= 4 is 0 Å². The van der Waals surface area contributed by atoms with Crippen molar-refractivity contribution in [2.24, 2.45) is 0 Å². The lowest BCUT2D eigenvalue weighted by atomic mass is 10.1. The summed E-state index contributed by atoms with van der Waals surface area (Å²) >= 11 is 0. The van der Waals surface area contributed by atoms with E-state index in [1.807, 2.05) is 20.8 Å². The number of halogens is 1. The van der Waals surface area contributed by atoms with Crippen LogP contribution in [-0.4, -0.2) is 6.67 Å². The first kappa shape index (κ1) is 7.67. The van der Waals surface area contributed by atoms with Gasteiger partial charge in [0.15, 0.2) is 0 Å². The lowest BCUT2D eigenvalue weighted by Crippen LogP contribution is -1.83. The van der Waals surface area contributed by atoms with Gasteiger partial charge in [-0.25, -0.2) is 4.39 Å². The third kappa shape index (κ3) is 2.10. The van der Waals surface area contributed by atoms with Gasteiger partial charge in [-0.3, -0.25) is 0 Å². The van der Waals surface area contributed by atoms with Crippen LogP contribution < -0.4 is 0 Å². The third-order valence-corrected chi connectivity index (χ3v) is 1.46. The van der Waals surface area contributed by atoms with Gasteiger partial charge in [-0.1, -0.05) is 12.5 Å². The van der Waals surface area contributed by atoms with E-state index in [0.717, 1.165) is 12.0 Å². The number of alkyl halides is 1. The molecule has 0 radical (unpaired) electrons. The Morgan fingerprint density at radius 1 is 1.25 bits per heavy atom. The Bertz CT molecular complexity index is 80.6. The van der Waals surface area contributed by atoms with Crippen molar-refractivity contribution in [2.75, 3.05) is 6.67 Å². The molecule has 1 heteroatoms. The van der Waals surface area contributed by atoms with E-state index in [1.54, 1.807) is 0 Å². The summed E-state index contributed by atoms with van der Waals surface area (Å²) < 4.78 is 11.8. The molecule has 0 aliphatic carbocycles. The molecule has 0 rings (SSSR count). The molecule has 0 heterocycles. The third-order valence-electron chi connectivity index (χ3n) is 1.46. The predicted octanol–water partition coefficient (Wildman–Crippen LogP) is 2.70. The fraction of sp³-hybridized carbons (Fsp3) is 0.714. The highest BCUT2D eigenvalue weighted by molar-refractivity contribution is 5.08. The second-order valence-electron chi connectivity index (χ2n) is 2.05. The summed E-state index contributed by atoms with van der Waals surface area (Å²) in [6.45, 7) is 5.54. The van der Waals surface area contributed by atoms with Gasteiger partial charge in [-0.05, 0) is 25.8 Å². The fourth-order valence-corrected chi connectivity index (χ4v) is 0.416. The highest BCUT2D eigenvalue weighted by Crippen LogP contribution is 2.06. The predicted molar refractivity (Wildman–Crippen MR) is 34.6 cm³/mol.